The highest BCUT2D eigenvalue weighted by Crippen LogP contribution is 2.42. The molecule has 6 unspecified atom stereocenters. The Morgan fingerprint density at radius 3 is 2.71 bits per heavy atom. The predicted molar refractivity (Wildman–Crippen MR) is 83.9 cm³/mol. The van der Waals surface area contributed by atoms with Gasteiger partial charge in [0, 0.05) is 12.6 Å². The van der Waals surface area contributed by atoms with Crippen molar-refractivity contribution in [3.05, 3.63) is 0 Å². The minimum Gasteiger partial charge on any atom is -0.338 e. The van der Waals surface area contributed by atoms with Gasteiger partial charge in [-0.3, -0.25) is 4.79 Å². The summed E-state index contributed by atoms with van der Waals surface area (Å²) >= 11 is 0. The summed E-state index contributed by atoms with van der Waals surface area (Å²) in [5, 5.41) is 3.57. The predicted octanol–water partition coefficient (Wildman–Crippen LogP) is 2.80. The highest BCUT2D eigenvalue weighted by Gasteiger charge is 2.47. The molecule has 2 heterocycles. The second-order valence-corrected chi connectivity index (χ2v) is 8.05. The molecular weight excluding hydrogens is 260 g/mol. The fourth-order valence-electron chi connectivity index (χ4n) is 5.82. The second kappa shape index (κ2) is 5.57. The molecule has 4 aliphatic rings. The quantitative estimate of drug-likeness (QED) is 0.805. The minimum absolute atomic E-state index is 0.147. The summed E-state index contributed by atoms with van der Waals surface area (Å²) in [5.41, 5.74) is 0. The number of carbonyl (C=O) groups is 1. The van der Waals surface area contributed by atoms with E-state index in [1.807, 2.05) is 0 Å². The zero-order chi connectivity index (χ0) is 14.4. The van der Waals surface area contributed by atoms with Gasteiger partial charge in [0.1, 0.15) is 0 Å². The third-order valence-corrected chi connectivity index (χ3v) is 7.03. The summed E-state index contributed by atoms with van der Waals surface area (Å²) in [4.78, 5) is 15.5. The topological polar surface area (TPSA) is 32.3 Å². The Morgan fingerprint density at radius 2 is 1.81 bits per heavy atom. The molecule has 3 nitrogen and oxygen atoms in total. The lowest BCUT2D eigenvalue weighted by Gasteiger charge is -2.48. The summed E-state index contributed by atoms with van der Waals surface area (Å²) in [6.07, 6.45) is 10.5. The summed E-state index contributed by atoms with van der Waals surface area (Å²) in [6, 6.07) is 0.700. The van der Waals surface area contributed by atoms with Crippen LogP contribution in [0.5, 0.6) is 0 Å². The number of carbonyl (C=O) groups excluding carboxylic acids is 1. The van der Waals surface area contributed by atoms with E-state index in [0.29, 0.717) is 17.9 Å². The smallest absolute Gasteiger partial charge is 0.240 e. The van der Waals surface area contributed by atoms with Crippen LogP contribution in [0.1, 0.15) is 58.3 Å². The highest BCUT2D eigenvalue weighted by atomic mass is 16.2. The van der Waals surface area contributed by atoms with Crippen LogP contribution < -0.4 is 5.32 Å². The standard InChI is InChI=1S/C18H30N2O/c1-12-9-10-20(16-8-3-2-6-14(12)16)18(21)17-15-7-4-5-13(15)11-19-17/h12-17,19H,2-11H2,1H3. The Morgan fingerprint density at radius 1 is 1.00 bits per heavy atom. The number of nitrogens with one attached hydrogen (secondary N) is 1. The van der Waals surface area contributed by atoms with E-state index in [9.17, 15) is 4.79 Å². The summed E-state index contributed by atoms with van der Waals surface area (Å²) in [7, 11) is 0. The number of likely N-dealkylation sites (tertiary alicyclic amines) is 1. The molecule has 0 aromatic rings. The van der Waals surface area contributed by atoms with E-state index in [-0.39, 0.29) is 6.04 Å². The van der Waals surface area contributed by atoms with Gasteiger partial charge in [-0.05, 0) is 62.3 Å². The summed E-state index contributed by atoms with van der Waals surface area (Å²) in [5.74, 6) is 3.46. The van der Waals surface area contributed by atoms with Crippen molar-refractivity contribution in [2.24, 2.45) is 23.7 Å². The number of hydrogen-bond donors (Lipinski definition) is 1. The molecule has 4 fully saturated rings. The van der Waals surface area contributed by atoms with Crippen molar-refractivity contribution < 1.29 is 4.79 Å². The van der Waals surface area contributed by atoms with Crippen LogP contribution in [0.15, 0.2) is 0 Å². The van der Waals surface area contributed by atoms with Crippen LogP contribution in [0.3, 0.4) is 0 Å². The van der Waals surface area contributed by atoms with Gasteiger partial charge < -0.3 is 10.2 Å². The maximum Gasteiger partial charge on any atom is 0.240 e. The van der Waals surface area contributed by atoms with Crippen LogP contribution in [0, 0.1) is 23.7 Å². The average Bonchev–Trinajstić information content (AvgIpc) is 3.10. The van der Waals surface area contributed by atoms with Gasteiger partial charge in [-0.15, -0.1) is 0 Å². The Balaban J connectivity index is 1.50. The highest BCUT2D eigenvalue weighted by molar-refractivity contribution is 5.83. The van der Waals surface area contributed by atoms with E-state index < -0.39 is 0 Å². The Kier molecular flexibility index (Phi) is 3.72. The molecule has 3 heteroatoms. The fraction of sp³-hybridized carbons (Fsp3) is 0.944. The minimum atomic E-state index is 0.147. The monoisotopic (exact) mass is 290 g/mol. The van der Waals surface area contributed by atoms with E-state index in [0.717, 1.165) is 30.8 Å². The van der Waals surface area contributed by atoms with Crippen molar-refractivity contribution in [2.45, 2.75) is 70.4 Å². The first kappa shape index (κ1) is 14.0. The van der Waals surface area contributed by atoms with E-state index >= 15 is 0 Å². The van der Waals surface area contributed by atoms with Crippen LogP contribution in [-0.2, 0) is 4.79 Å². The largest absolute Gasteiger partial charge is 0.338 e. The Bertz CT molecular complexity index is 410. The van der Waals surface area contributed by atoms with E-state index in [4.69, 9.17) is 0 Å². The molecule has 1 amide bonds. The third kappa shape index (κ3) is 2.32. The Hall–Kier alpha value is -0.570. The normalized spacial score (nSPS) is 46.2. The summed E-state index contributed by atoms with van der Waals surface area (Å²) < 4.78 is 0. The van der Waals surface area contributed by atoms with Crippen molar-refractivity contribution in [3.8, 4) is 0 Å². The SMILES string of the molecule is CC1CCN(C(=O)C2NCC3CCCC32)C2CCCCC12. The first-order valence-electron chi connectivity index (χ1n) is 9.29. The average molecular weight is 290 g/mol. The van der Waals surface area contributed by atoms with Crippen molar-refractivity contribution in [2.75, 3.05) is 13.1 Å². The molecule has 0 bridgehead atoms. The maximum atomic E-state index is 13.2. The maximum absolute atomic E-state index is 13.2. The second-order valence-electron chi connectivity index (χ2n) is 8.05. The van der Waals surface area contributed by atoms with Crippen molar-refractivity contribution in [1.82, 2.24) is 10.2 Å². The molecule has 0 aromatic heterocycles. The zero-order valence-corrected chi connectivity index (χ0v) is 13.4. The molecule has 2 saturated heterocycles. The lowest BCUT2D eigenvalue weighted by molar-refractivity contribution is -0.142. The lowest BCUT2D eigenvalue weighted by Crippen LogP contribution is -2.57. The van der Waals surface area contributed by atoms with Gasteiger partial charge in [0.05, 0.1) is 6.04 Å². The molecule has 118 valence electrons. The van der Waals surface area contributed by atoms with Gasteiger partial charge in [0.25, 0.3) is 0 Å². The van der Waals surface area contributed by atoms with E-state index in [1.54, 1.807) is 0 Å². The van der Waals surface area contributed by atoms with Gasteiger partial charge in [0.15, 0.2) is 0 Å². The first-order valence-corrected chi connectivity index (χ1v) is 9.29. The first-order chi connectivity index (χ1) is 10.3. The molecule has 21 heavy (non-hydrogen) atoms. The molecular formula is C18H30N2O. The van der Waals surface area contributed by atoms with Gasteiger partial charge in [-0.2, -0.15) is 0 Å². The van der Waals surface area contributed by atoms with Crippen LogP contribution >= 0.6 is 0 Å². The Labute approximate surface area is 128 Å². The molecule has 2 aliphatic heterocycles. The molecule has 0 radical (unpaired) electrons. The number of rotatable bonds is 1. The molecule has 2 aliphatic carbocycles. The van der Waals surface area contributed by atoms with Crippen molar-refractivity contribution in [3.63, 3.8) is 0 Å². The molecule has 2 saturated carbocycles. The fourth-order valence-corrected chi connectivity index (χ4v) is 5.82. The van der Waals surface area contributed by atoms with E-state index in [1.165, 1.54) is 51.4 Å². The van der Waals surface area contributed by atoms with Crippen LogP contribution in [0.2, 0.25) is 0 Å². The number of fused-ring (bicyclic) bond motifs is 2. The van der Waals surface area contributed by atoms with Gasteiger partial charge in [0.2, 0.25) is 5.91 Å². The number of hydrogen-bond acceptors (Lipinski definition) is 2. The molecule has 6 atom stereocenters. The van der Waals surface area contributed by atoms with Gasteiger partial charge in [-0.1, -0.05) is 26.2 Å². The number of nitrogens with zero attached hydrogens (tertiary/aromatic N) is 1. The molecule has 0 aromatic carbocycles. The van der Waals surface area contributed by atoms with Gasteiger partial charge >= 0.3 is 0 Å². The van der Waals surface area contributed by atoms with Crippen LogP contribution in [-0.4, -0.2) is 36.0 Å². The van der Waals surface area contributed by atoms with Gasteiger partial charge in [-0.25, -0.2) is 0 Å². The van der Waals surface area contributed by atoms with Crippen LogP contribution in [0.25, 0.3) is 0 Å². The zero-order valence-electron chi connectivity index (χ0n) is 13.4. The van der Waals surface area contributed by atoms with Crippen molar-refractivity contribution >= 4 is 5.91 Å². The third-order valence-electron chi connectivity index (χ3n) is 7.03. The lowest BCUT2D eigenvalue weighted by atomic mass is 9.72. The summed E-state index contributed by atoms with van der Waals surface area (Å²) in [6.45, 7) is 4.50. The van der Waals surface area contributed by atoms with E-state index in [2.05, 4.69) is 17.1 Å². The molecule has 0 spiro atoms. The number of piperidine rings is 1. The molecule has 4 rings (SSSR count). The van der Waals surface area contributed by atoms with Crippen LogP contribution in [0.4, 0.5) is 0 Å². The number of amides is 1. The molecule has 1 N–H and O–H groups in total. The van der Waals surface area contributed by atoms with Crippen molar-refractivity contribution in [1.29, 1.82) is 0 Å².